The van der Waals surface area contributed by atoms with Gasteiger partial charge >= 0.3 is 12.1 Å². The molecule has 2 N–H and O–H groups in total. The van der Waals surface area contributed by atoms with Crippen LogP contribution in [-0.2, 0) is 27.3 Å². The summed E-state index contributed by atoms with van der Waals surface area (Å²) in [5, 5.41) is 12.3. The Kier molecular flexibility index (Phi) is 9.86. The van der Waals surface area contributed by atoms with Crippen molar-refractivity contribution >= 4 is 12.1 Å². The zero-order valence-corrected chi connectivity index (χ0v) is 23.4. The number of alkyl carbamates (subject to hydrolysis) is 1. The lowest BCUT2D eigenvalue weighted by Gasteiger charge is -2.17. The first kappa shape index (κ1) is 28.9. The van der Waals surface area contributed by atoms with E-state index in [0.717, 1.165) is 46.2 Å². The third-order valence-corrected chi connectivity index (χ3v) is 7.36. The van der Waals surface area contributed by atoms with Gasteiger partial charge in [0, 0.05) is 18.9 Å². The third kappa shape index (κ3) is 7.56. The molecule has 0 saturated carbocycles. The fraction of sp³-hybridized carbons (Fsp3) is 0.257. The summed E-state index contributed by atoms with van der Waals surface area (Å²) in [5.74, 6) is -0.514. The van der Waals surface area contributed by atoms with Crippen LogP contribution in [0.4, 0.5) is 4.79 Å². The van der Waals surface area contributed by atoms with Gasteiger partial charge in [0.25, 0.3) is 0 Å². The van der Waals surface area contributed by atoms with Gasteiger partial charge in [-0.15, -0.1) is 0 Å². The van der Waals surface area contributed by atoms with Crippen LogP contribution in [0.15, 0.2) is 103 Å². The number of carboxylic acids is 1. The zero-order valence-electron chi connectivity index (χ0n) is 23.4. The van der Waals surface area contributed by atoms with Crippen molar-refractivity contribution in [1.82, 2.24) is 5.32 Å². The Morgan fingerprint density at radius 3 is 2.02 bits per heavy atom. The highest BCUT2D eigenvalue weighted by Crippen LogP contribution is 2.44. The van der Waals surface area contributed by atoms with Gasteiger partial charge in [-0.05, 0) is 58.4 Å². The average molecular weight is 566 g/mol. The lowest BCUT2D eigenvalue weighted by molar-refractivity contribution is -0.139. The van der Waals surface area contributed by atoms with Gasteiger partial charge < -0.3 is 24.6 Å². The number of benzene rings is 4. The molecule has 0 radical (unpaired) electrons. The number of carbonyl (C=O) groups excluding carboxylic acids is 1. The highest BCUT2D eigenvalue weighted by atomic mass is 16.5. The van der Waals surface area contributed by atoms with E-state index in [-0.39, 0.29) is 18.9 Å². The van der Waals surface area contributed by atoms with E-state index in [2.05, 4.69) is 17.4 Å². The van der Waals surface area contributed by atoms with E-state index >= 15 is 0 Å². The Bertz CT molecular complexity index is 1430. The molecular formula is C35H35NO6. The third-order valence-electron chi connectivity index (χ3n) is 7.36. The molecule has 4 aromatic rings. The van der Waals surface area contributed by atoms with Crippen molar-refractivity contribution in [2.24, 2.45) is 0 Å². The molecule has 0 saturated heterocycles. The number of hydrogen-bond acceptors (Lipinski definition) is 5. The molecule has 0 aliphatic heterocycles. The van der Waals surface area contributed by atoms with Gasteiger partial charge in [-0.25, -0.2) is 9.59 Å². The van der Waals surface area contributed by atoms with Gasteiger partial charge in [-0.2, -0.15) is 0 Å². The molecule has 0 spiro atoms. The standard InChI is InChI=1S/C35H35NO6/c37-34(38)33(36-35(39)42-24-32-30-14-6-4-12-28(30)29-13-5-7-15-31(29)32)22-25-16-18-27(19-17-25)41-21-9-8-20-40-23-26-10-2-1-3-11-26/h1-7,10-19,32-33H,8-9,20-24H2,(H,36,39)(H,37,38)/t33-/m0/s1. The highest BCUT2D eigenvalue weighted by molar-refractivity contribution is 5.81. The van der Waals surface area contributed by atoms with Crippen molar-refractivity contribution < 1.29 is 28.9 Å². The second-order valence-corrected chi connectivity index (χ2v) is 10.3. The number of nitrogens with one attached hydrogen (secondary N) is 1. The predicted molar refractivity (Wildman–Crippen MR) is 161 cm³/mol. The van der Waals surface area contributed by atoms with Gasteiger partial charge in [0.1, 0.15) is 18.4 Å². The summed E-state index contributed by atoms with van der Waals surface area (Å²) in [7, 11) is 0. The van der Waals surface area contributed by atoms with Crippen molar-refractivity contribution in [1.29, 1.82) is 0 Å². The number of aliphatic carboxylic acids is 1. The topological polar surface area (TPSA) is 94.1 Å². The molecule has 0 heterocycles. The van der Waals surface area contributed by atoms with Crippen LogP contribution in [0.1, 0.15) is 41.0 Å². The molecule has 0 unspecified atom stereocenters. The number of rotatable bonds is 14. The molecule has 0 fully saturated rings. The summed E-state index contributed by atoms with van der Waals surface area (Å²) in [6.45, 7) is 1.97. The number of hydrogen-bond donors (Lipinski definition) is 2. The van der Waals surface area contributed by atoms with Gasteiger partial charge in [-0.3, -0.25) is 0 Å². The summed E-state index contributed by atoms with van der Waals surface area (Å²) >= 11 is 0. The lowest BCUT2D eigenvalue weighted by Crippen LogP contribution is -2.42. The van der Waals surface area contributed by atoms with E-state index in [9.17, 15) is 14.7 Å². The zero-order chi connectivity index (χ0) is 29.1. The molecule has 1 aliphatic carbocycles. The second kappa shape index (κ2) is 14.3. The fourth-order valence-corrected chi connectivity index (χ4v) is 5.20. The number of ether oxygens (including phenoxy) is 3. The van der Waals surface area contributed by atoms with E-state index in [1.165, 1.54) is 0 Å². The average Bonchev–Trinajstić information content (AvgIpc) is 3.34. The first-order valence-corrected chi connectivity index (χ1v) is 14.3. The van der Waals surface area contributed by atoms with E-state index in [0.29, 0.717) is 25.6 Å². The maximum Gasteiger partial charge on any atom is 0.407 e. The number of carbonyl (C=O) groups is 2. The SMILES string of the molecule is O=C(N[C@@H](Cc1ccc(OCCCCOCc2ccccc2)cc1)C(=O)O)OCC1c2ccccc2-c2ccccc21. The predicted octanol–water partition coefficient (Wildman–Crippen LogP) is 6.60. The monoisotopic (exact) mass is 565 g/mol. The molecule has 0 bridgehead atoms. The number of fused-ring (bicyclic) bond motifs is 3. The minimum absolute atomic E-state index is 0.0965. The van der Waals surface area contributed by atoms with E-state index in [1.54, 1.807) is 0 Å². The molecular weight excluding hydrogens is 530 g/mol. The summed E-state index contributed by atoms with van der Waals surface area (Å²) in [5.41, 5.74) is 6.38. The molecule has 1 aliphatic rings. The Hall–Kier alpha value is -4.62. The minimum atomic E-state index is -1.13. The molecule has 0 aromatic heterocycles. The summed E-state index contributed by atoms with van der Waals surface area (Å²) < 4.78 is 17.0. The Balaban J connectivity index is 1.04. The smallest absolute Gasteiger partial charge is 0.407 e. The molecule has 5 rings (SSSR count). The first-order valence-electron chi connectivity index (χ1n) is 14.3. The van der Waals surface area contributed by atoms with Crippen molar-refractivity contribution in [3.05, 3.63) is 125 Å². The van der Waals surface area contributed by atoms with E-state index < -0.39 is 18.1 Å². The maximum atomic E-state index is 12.6. The van der Waals surface area contributed by atoms with Gasteiger partial charge in [-0.1, -0.05) is 91.0 Å². The number of carboxylic acid groups (broad SMARTS) is 1. The van der Waals surface area contributed by atoms with Crippen LogP contribution in [0, 0.1) is 0 Å². The van der Waals surface area contributed by atoms with Gasteiger partial charge in [0.2, 0.25) is 0 Å². The summed E-state index contributed by atoms with van der Waals surface area (Å²) in [4.78, 5) is 24.6. The number of amides is 1. The Morgan fingerprint density at radius 2 is 1.36 bits per heavy atom. The Labute approximate surface area is 246 Å². The first-order chi connectivity index (χ1) is 20.6. The van der Waals surface area contributed by atoms with Crippen molar-refractivity contribution in [2.75, 3.05) is 19.8 Å². The molecule has 7 nitrogen and oxygen atoms in total. The quantitative estimate of drug-likeness (QED) is 0.167. The summed E-state index contributed by atoms with van der Waals surface area (Å²) in [6, 6.07) is 32.3. The molecule has 7 heteroatoms. The van der Waals surface area contributed by atoms with Crippen LogP contribution in [0.5, 0.6) is 5.75 Å². The maximum absolute atomic E-state index is 12.6. The normalized spacial score (nSPS) is 12.7. The van der Waals surface area contributed by atoms with Crippen LogP contribution in [0.3, 0.4) is 0 Å². The molecule has 1 amide bonds. The van der Waals surface area contributed by atoms with Crippen LogP contribution in [0.25, 0.3) is 11.1 Å². The van der Waals surface area contributed by atoms with Crippen LogP contribution in [-0.4, -0.2) is 43.0 Å². The Morgan fingerprint density at radius 1 is 0.738 bits per heavy atom. The van der Waals surface area contributed by atoms with E-state index in [1.807, 2.05) is 91.0 Å². The second-order valence-electron chi connectivity index (χ2n) is 10.3. The lowest BCUT2D eigenvalue weighted by atomic mass is 9.98. The summed E-state index contributed by atoms with van der Waals surface area (Å²) in [6.07, 6.45) is 1.13. The molecule has 4 aromatic carbocycles. The molecule has 216 valence electrons. The highest BCUT2D eigenvalue weighted by Gasteiger charge is 2.29. The van der Waals surface area contributed by atoms with Gasteiger partial charge in [0.15, 0.2) is 0 Å². The van der Waals surface area contributed by atoms with Crippen molar-refractivity contribution in [2.45, 2.75) is 37.8 Å². The largest absolute Gasteiger partial charge is 0.494 e. The van der Waals surface area contributed by atoms with Crippen LogP contribution < -0.4 is 10.1 Å². The molecule has 42 heavy (non-hydrogen) atoms. The van der Waals surface area contributed by atoms with Crippen molar-refractivity contribution in [3.8, 4) is 16.9 Å². The molecule has 1 atom stereocenters. The van der Waals surface area contributed by atoms with Gasteiger partial charge in [0.05, 0.1) is 13.2 Å². The minimum Gasteiger partial charge on any atom is -0.494 e. The van der Waals surface area contributed by atoms with Crippen LogP contribution in [0.2, 0.25) is 0 Å². The van der Waals surface area contributed by atoms with Crippen LogP contribution >= 0.6 is 0 Å². The number of unbranched alkanes of at least 4 members (excludes halogenated alkanes) is 1. The fourth-order valence-electron chi connectivity index (χ4n) is 5.20. The van der Waals surface area contributed by atoms with E-state index in [4.69, 9.17) is 14.2 Å². The van der Waals surface area contributed by atoms with Crippen molar-refractivity contribution in [3.63, 3.8) is 0 Å².